The van der Waals surface area contributed by atoms with Crippen LogP contribution in [0.15, 0.2) is 41.3 Å². The monoisotopic (exact) mass is 478 g/mol. The fourth-order valence-electron chi connectivity index (χ4n) is 5.15. The molecule has 35 heavy (non-hydrogen) atoms. The molecule has 186 valence electrons. The molecule has 0 saturated heterocycles. The zero-order chi connectivity index (χ0) is 25.7. The number of hydrogen-bond acceptors (Lipinski definition) is 7. The number of nitrogens with zero attached hydrogens (tertiary/aromatic N) is 3. The van der Waals surface area contributed by atoms with Crippen LogP contribution in [0.25, 0.3) is 16.6 Å². The fourth-order valence-corrected chi connectivity index (χ4v) is 5.15. The molecule has 2 aromatic heterocycles. The average Bonchev–Trinajstić information content (AvgIpc) is 3.14. The lowest BCUT2D eigenvalue weighted by molar-refractivity contribution is 0.0922. The highest BCUT2D eigenvalue weighted by Gasteiger charge is 2.33. The largest absolute Gasteiger partial charge is 0.370 e. The topological polar surface area (TPSA) is 121 Å². The van der Waals surface area contributed by atoms with Crippen LogP contribution in [0.3, 0.4) is 0 Å². The summed E-state index contributed by atoms with van der Waals surface area (Å²) in [6.45, 7) is 13.8. The van der Waals surface area contributed by atoms with Gasteiger partial charge in [0.05, 0.1) is 22.8 Å². The van der Waals surface area contributed by atoms with Crippen molar-refractivity contribution in [2.24, 2.45) is 0 Å². The second kappa shape index (κ2) is 8.73. The van der Waals surface area contributed by atoms with Crippen LogP contribution in [-0.4, -0.2) is 55.5 Å². The van der Waals surface area contributed by atoms with Gasteiger partial charge in [0.15, 0.2) is 5.65 Å². The number of hydrogen-bond donors (Lipinski definition) is 4. The van der Waals surface area contributed by atoms with Crippen molar-refractivity contribution in [2.75, 3.05) is 6.54 Å². The molecule has 0 aliphatic carbocycles. The minimum absolute atomic E-state index is 0.173. The molecule has 0 bridgehead atoms. The van der Waals surface area contributed by atoms with E-state index in [4.69, 9.17) is 4.98 Å². The molecule has 1 atom stereocenters. The molecular weight excluding hydrogens is 444 g/mol. The highest BCUT2D eigenvalue weighted by Crippen LogP contribution is 2.34. The number of aliphatic hydroxyl groups excluding tert-OH is 1. The molecule has 4 rings (SSSR count). The van der Waals surface area contributed by atoms with E-state index in [0.29, 0.717) is 34.3 Å². The number of aromatic nitrogens is 3. The van der Waals surface area contributed by atoms with Gasteiger partial charge in [-0.2, -0.15) is 9.78 Å². The molecule has 9 heteroatoms. The summed E-state index contributed by atoms with van der Waals surface area (Å²) in [7, 11) is 0. The Kier molecular flexibility index (Phi) is 6.19. The maximum absolute atomic E-state index is 13.4. The van der Waals surface area contributed by atoms with Gasteiger partial charge in [-0.3, -0.25) is 9.59 Å². The first-order valence-electron chi connectivity index (χ1n) is 11.8. The first kappa shape index (κ1) is 24.8. The molecule has 4 N–H and O–H groups in total. The molecule has 0 spiro atoms. The molecule has 0 aromatic carbocycles. The lowest BCUT2D eigenvalue weighted by Crippen LogP contribution is -2.53. The summed E-state index contributed by atoms with van der Waals surface area (Å²) in [5, 5.41) is 24.6. The SMILES string of the molecule is CC(=O)n1ncc2c(C(=O)NCC3=C(C)C=C(C)NC3O)cc(C3=CC(C)(C)NC(C)(C)C3)nc21. The van der Waals surface area contributed by atoms with Crippen LogP contribution in [0.4, 0.5) is 0 Å². The van der Waals surface area contributed by atoms with Crippen molar-refractivity contribution in [1.29, 1.82) is 0 Å². The lowest BCUT2D eigenvalue weighted by atomic mass is 9.82. The minimum Gasteiger partial charge on any atom is -0.370 e. The first-order valence-corrected chi connectivity index (χ1v) is 11.8. The molecule has 0 saturated carbocycles. The number of fused-ring (bicyclic) bond motifs is 1. The third-order valence-electron chi connectivity index (χ3n) is 6.31. The van der Waals surface area contributed by atoms with E-state index in [1.165, 1.54) is 17.8 Å². The van der Waals surface area contributed by atoms with Crippen LogP contribution in [-0.2, 0) is 0 Å². The standard InChI is InChI=1S/C26H34N6O3/c1-14-8-15(2)29-24(35)19(14)12-27-23(34)18-9-21(17-10-25(4,5)31-26(6,7)11-17)30-22-20(18)13-28-32(22)16(3)33/h8-10,13,24,29,31,35H,11-12H2,1-7H3,(H,27,34). The van der Waals surface area contributed by atoms with Crippen molar-refractivity contribution in [1.82, 2.24) is 30.7 Å². The van der Waals surface area contributed by atoms with E-state index in [0.717, 1.165) is 16.8 Å². The molecule has 1 amide bonds. The normalized spacial score (nSPS) is 21.3. The number of carbonyl (C=O) groups is 2. The summed E-state index contributed by atoms with van der Waals surface area (Å²) in [5.74, 6) is -0.608. The van der Waals surface area contributed by atoms with Crippen LogP contribution in [0.5, 0.6) is 0 Å². The Balaban J connectivity index is 1.76. The summed E-state index contributed by atoms with van der Waals surface area (Å²) in [6, 6.07) is 1.77. The Hall–Kier alpha value is -3.30. The van der Waals surface area contributed by atoms with Gasteiger partial charge >= 0.3 is 0 Å². The van der Waals surface area contributed by atoms with Crippen molar-refractivity contribution in [2.45, 2.75) is 72.2 Å². The molecule has 4 heterocycles. The van der Waals surface area contributed by atoms with E-state index in [1.54, 1.807) is 6.07 Å². The highest BCUT2D eigenvalue weighted by molar-refractivity contribution is 6.07. The quantitative estimate of drug-likeness (QED) is 0.533. The van der Waals surface area contributed by atoms with Crippen molar-refractivity contribution in [3.8, 4) is 0 Å². The van der Waals surface area contributed by atoms with Crippen molar-refractivity contribution in [3.63, 3.8) is 0 Å². The summed E-state index contributed by atoms with van der Waals surface area (Å²) < 4.78 is 1.22. The summed E-state index contributed by atoms with van der Waals surface area (Å²) in [5.41, 5.74) is 4.40. The van der Waals surface area contributed by atoms with Crippen LogP contribution in [0.2, 0.25) is 0 Å². The highest BCUT2D eigenvalue weighted by atomic mass is 16.3. The first-order chi connectivity index (χ1) is 16.3. The van der Waals surface area contributed by atoms with E-state index < -0.39 is 6.23 Å². The molecule has 0 fully saturated rings. The third kappa shape index (κ3) is 5.06. The number of aliphatic hydroxyl groups is 1. The van der Waals surface area contributed by atoms with Crippen LogP contribution in [0.1, 0.15) is 75.7 Å². The number of dihydropyridines is 1. The molecular formula is C26H34N6O3. The zero-order valence-corrected chi connectivity index (χ0v) is 21.4. The second-order valence-electron chi connectivity index (χ2n) is 10.7. The lowest BCUT2D eigenvalue weighted by Gasteiger charge is -2.41. The van der Waals surface area contributed by atoms with Crippen molar-refractivity contribution in [3.05, 3.63) is 52.5 Å². The zero-order valence-electron chi connectivity index (χ0n) is 21.4. The van der Waals surface area contributed by atoms with E-state index in [-0.39, 0.29) is 29.4 Å². The fraction of sp³-hybridized carbons (Fsp3) is 0.462. The predicted octanol–water partition coefficient (Wildman–Crippen LogP) is 2.90. The maximum atomic E-state index is 13.4. The van der Waals surface area contributed by atoms with Crippen LogP contribution < -0.4 is 16.0 Å². The van der Waals surface area contributed by atoms with E-state index in [9.17, 15) is 14.7 Å². The number of allylic oxidation sites excluding steroid dienone is 3. The molecule has 2 aliphatic heterocycles. The second-order valence-corrected chi connectivity index (χ2v) is 10.7. The minimum atomic E-state index is -0.863. The van der Waals surface area contributed by atoms with Crippen LogP contribution in [0, 0.1) is 0 Å². The summed E-state index contributed by atoms with van der Waals surface area (Å²) >= 11 is 0. The van der Waals surface area contributed by atoms with Crippen molar-refractivity contribution >= 4 is 28.4 Å². The van der Waals surface area contributed by atoms with Gasteiger partial charge in [-0.05, 0) is 71.3 Å². The summed E-state index contributed by atoms with van der Waals surface area (Å²) in [4.78, 5) is 30.4. The van der Waals surface area contributed by atoms with E-state index >= 15 is 0 Å². The molecule has 2 aromatic rings. The Morgan fingerprint density at radius 1 is 1.26 bits per heavy atom. The number of amides is 1. The predicted molar refractivity (Wildman–Crippen MR) is 136 cm³/mol. The van der Waals surface area contributed by atoms with Gasteiger partial charge in [-0.1, -0.05) is 6.08 Å². The van der Waals surface area contributed by atoms with Gasteiger partial charge in [0.1, 0.15) is 6.23 Å². The number of carbonyl (C=O) groups excluding carboxylic acids is 2. The van der Waals surface area contributed by atoms with E-state index in [2.05, 4.69) is 54.8 Å². The number of rotatable bonds is 4. The maximum Gasteiger partial charge on any atom is 0.252 e. The average molecular weight is 479 g/mol. The Labute approximate surface area is 205 Å². The smallest absolute Gasteiger partial charge is 0.252 e. The van der Waals surface area contributed by atoms with Gasteiger partial charge in [0, 0.05) is 35.8 Å². The Morgan fingerprint density at radius 3 is 2.60 bits per heavy atom. The van der Waals surface area contributed by atoms with Gasteiger partial charge in [-0.15, -0.1) is 0 Å². The third-order valence-corrected chi connectivity index (χ3v) is 6.31. The molecule has 0 radical (unpaired) electrons. The van der Waals surface area contributed by atoms with Crippen LogP contribution >= 0.6 is 0 Å². The molecule has 2 aliphatic rings. The van der Waals surface area contributed by atoms with Gasteiger partial charge in [-0.25, -0.2) is 4.98 Å². The van der Waals surface area contributed by atoms with E-state index in [1.807, 2.05) is 19.9 Å². The molecule has 1 unspecified atom stereocenters. The molecule has 9 nitrogen and oxygen atoms in total. The van der Waals surface area contributed by atoms with Gasteiger partial charge in [0.25, 0.3) is 5.91 Å². The number of nitrogens with one attached hydrogen (secondary N) is 3. The Morgan fingerprint density at radius 2 is 1.97 bits per heavy atom. The summed E-state index contributed by atoms with van der Waals surface area (Å²) in [6.07, 6.45) is 5.40. The number of pyridine rings is 1. The van der Waals surface area contributed by atoms with Gasteiger partial charge in [0.2, 0.25) is 5.91 Å². The Bertz CT molecular complexity index is 1310. The van der Waals surface area contributed by atoms with Gasteiger partial charge < -0.3 is 21.1 Å². The van der Waals surface area contributed by atoms with Crippen molar-refractivity contribution < 1.29 is 14.7 Å².